The van der Waals surface area contributed by atoms with E-state index in [4.69, 9.17) is 14.2 Å². The molecule has 0 aliphatic carbocycles. The van der Waals surface area contributed by atoms with Crippen molar-refractivity contribution in [2.75, 3.05) is 40.4 Å². The number of aliphatic hydroxyl groups excluding tert-OH is 1. The highest BCUT2D eigenvalue weighted by Crippen LogP contribution is 2.43. The molecule has 1 amide bonds. The van der Waals surface area contributed by atoms with Gasteiger partial charge in [0.2, 0.25) is 0 Å². The van der Waals surface area contributed by atoms with Gasteiger partial charge in [0.15, 0.2) is 11.5 Å². The second-order valence-corrected chi connectivity index (χ2v) is 10.4. The van der Waals surface area contributed by atoms with Gasteiger partial charge in [-0.2, -0.15) is 0 Å². The number of hydrogen-bond acceptors (Lipinski definition) is 7. The van der Waals surface area contributed by atoms with E-state index >= 15 is 0 Å². The van der Waals surface area contributed by atoms with Gasteiger partial charge >= 0.3 is 0 Å². The van der Waals surface area contributed by atoms with Gasteiger partial charge in [0, 0.05) is 18.5 Å². The van der Waals surface area contributed by atoms with Crippen LogP contribution in [0.1, 0.15) is 62.8 Å². The molecule has 2 atom stereocenters. The maximum Gasteiger partial charge on any atom is 0.295 e. The lowest BCUT2D eigenvalue weighted by atomic mass is 9.94. The van der Waals surface area contributed by atoms with Gasteiger partial charge in [-0.3, -0.25) is 9.59 Å². The smallest absolute Gasteiger partial charge is 0.295 e. The van der Waals surface area contributed by atoms with Crippen LogP contribution in [0.4, 0.5) is 0 Å². The Hall–Kier alpha value is -3.52. The van der Waals surface area contributed by atoms with Crippen LogP contribution in [0.25, 0.3) is 5.76 Å². The highest BCUT2D eigenvalue weighted by molar-refractivity contribution is 6.46. The van der Waals surface area contributed by atoms with Gasteiger partial charge in [-0.25, -0.2) is 0 Å². The lowest BCUT2D eigenvalue weighted by Crippen LogP contribution is -2.32. The van der Waals surface area contributed by atoms with Crippen LogP contribution >= 0.6 is 0 Å². The maximum atomic E-state index is 13.4. The van der Waals surface area contributed by atoms with Crippen LogP contribution in [0.2, 0.25) is 0 Å². The lowest BCUT2D eigenvalue weighted by molar-refractivity contribution is -0.139. The zero-order valence-corrected chi connectivity index (χ0v) is 23.7. The molecule has 0 saturated carbocycles. The number of hydrogen-bond donors (Lipinski definition) is 1. The van der Waals surface area contributed by atoms with Gasteiger partial charge in [0.1, 0.15) is 17.6 Å². The summed E-state index contributed by atoms with van der Waals surface area (Å²) in [6, 6.07) is 10.1. The molecular weight excluding hydrogens is 496 g/mol. The third kappa shape index (κ3) is 6.22. The van der Waals surface area contributed by atoms with Crippen molar-refractivity contribution in [2.24, 2.45) is 0 Å². The third-order valence-corrected chi connectivity index (χ3v) is 7.05. The summed E-state index contributed by atoms with van der Waals surface area (Å²) >= 11 is 0. The van der Waals surface area contributed by atoms with Crippen LogP contribution in [-0.4, -0.2) is 73.1 Å². The van der Waals surface area contributed by atoms with E-state index < -0.39 is 17.7 Å². The lowest BCUT2D eigenvalue weighted by Gasteiger charge is -2.26. The summed E-state index contributed by atoms with van der Waals surface area (Å²) in [6.45, 7) is 8.12. The van der Waals surface area contributed by atoms with Gasteiger partial charge in [-0.15, -0.1) is 0 Å². The van der Waals surface area contributed by atoms with Crippen molar-refractivity contribution < 1.29 is 28.9 Å². The molecule has 4 rings (SSSR count). The van der Waals surface area contributed by atoms with Crippen LogP contribution in [-0.2, 0) is 16.0 Å². The van der Waals surface area contributed by atoms with Crippen LogP contribution in [0.15, 0.2) is 42.0 Å². The number of carbonyl (C=O) groups is 2. The van der Waals surface area contributed by atoms with Crippen molar-refractivity contribution in [3.8, 4) is 17.2 Å². The molecule has 2 heterocycles. The fourth-order valence-corrected chi connectivity index (χ4v) is 5.15. The number of ketones is 1. The highest BCUT2D eigenvalue weighted by Gasteiger charge is 2.46. The first-order valence-corrected chi connectivity index (χ1v) is 13.9. The predicted octanol–water partition coefficient (Wildman–Crippen LogP) is 4.96. The molecule has 2 aromatic carbocycles. The second-order valence-electron chi connectivity index (χ2n) is 10.4. The summed E-state index contributed by atoms with van der Waals surface area (Å²) < 4.78 is 17.7. The minimum Gasteiger partial charge on any atom is -0.507 e. The number of ether oxygens (including phenoxy) is 3. The van der Waals surface area contributed by atoms with E-state index in [1.54, 1.807) is 11.0 Å². The van der Waals surface area contributed by atoms with E-state index in [0.29, 0.717) is 48.8 Å². The molecule has 0 bridgehead atoms. The molecule has 0 aromatic heterocycles. The van der Waals surface area contributed by atoms with E-state index in [1.807, 2.05) is 63.2 Å². The maximum absolute atomic E-state index is 13.4. The van der Waals surface area contributed by atoms with Crippen LogP contribution in [0.3, 0.4) is 0 Å². The highest BCUT2D eigenvalue weighted by atomic mass is 16.5. The molecule has 0 radical (unpaired) electrons. The van der Waals surface area contributed by atoms with E-state index in [9.17, 15) is 14.7 Å². The first-order chi connectivity index (χ1) is 18.7. The Morgan fingerprint density at radius 3 is 2.59 bits per heavy atom. The summed E-state index contributed by atoms with van der Waals surface area (Å²) in [4.78, 5) is 30.4. The second kappa shape index (κ2) is 12.6. The Labute approximate surface area is 231 Å². The number of unbranched alkanes of at least 4 members (excludes halogenated alkanes) is 1. The van der Waals surface area contributed by atoms with Gasteiger partial charge < -0.3 is 29.1 Å². The normalized spacial score (nSPS) is 19.9. The standard InChI is InChI=1S/C31H40N2O6/c1-6-8-16-38-25-13-10-21(19-26(25)37-7-2)28-27(30(35)31(36)33(28)15-9-14-32(4)5)29(34)22-11-12-24-23(18-22)17-20(3)39-24/h10-13,18-20,28,34H,6-9,14-17H2,1-5H3/b29-27+/t20-,28-/m0/s1. The summed E-state index contributed by atoms with van der Waals surface area (Å²) in [5, 5.41) is 11.5. The summed E-state index contributed by atoms with van der Waals surface area (Å²) in [5.74, 6) is 0.463. The largest absolute Gasteiger partial charge is 0.507 e. The number of amides is 1. The molecule has 2 aromatic rings. The summed E-state index contributed by atoms with van der Waals surface area (Å²) in [6.07, 6.45) is 3.38. The molecule has 1 saturated heterocycles. The fraction of sp³-hybridized carbons (Fsp3) is 0.484. The van der Waals surface area contributed by atoms with E-state index in [1.165, 1.54) is 0 Å². The van der Waals surface area contributed by atoms with E-state index in [-0.39, 0.29) is 17.4 Å². The molecule has 1 N–H and O–H groups in total. The molecule has 2 aliphatic rings. The average Bonchev–Trinajstić information content (AvgIpc) is 3.40. The van der Waals surface area contributed by atoms with E-state index in [2.05, 4.69) is 6.92 Å². The molecule has 210 valence electrons. The monoisotopic (exact) mass is 536 g/mol. The van der Waals surface area contributed by atoms with Gasteiger partial charge in [0.05, 0.1) is 24.8 Å². The fourth-order valence-electron chi connectivity index (χ4n) is 5.15. The minimum atomic E-state index is -0.750. The number of aliphatic hydroxyl groups is 1. The van der Waals surface area contributed by atoms with Crippen molar-refractivity contribution in [1.82, 2.24) is 9.80 Å². The number of carbonyl (C=O) groups excluding carboxylic acids is 2. The zero-order chi connectivity index (χ0) is 28.1. The van der Waals surface area contributed by atoms with Crippen LogP contribution in [0, 0.1) is 0 Å². The molecule has 1 fully saturated rings. The minimum absolute atomic E-state index is 0.0507. The van der Waals surface area contributed by atoms with E-state index in [0.717, 1.165) is 37.1 Å². The summed E-state index contributed by atoms with van der Waals surface area (Å²) in [7, 11) is 3.94. The number of nitrogens with zero attached hydrogens (tertiary/aromatic N) is 2. The number of benzene rings is 2. The molecule has 39 heavy (non-hydrogen) atoms. The first-order valence-electron chi connectivity index (χ1n) is 13.9. The van der Waals surface area contributed by atoms with Crippen molar-refractivity contribution in [3.63, 3.8) is 0 Å². The van der Waals surface area contributed by atoms with Crippen LogP contribution < -0.4 is 14.2 Å². The molecule has 2 aliphatic heterocycles. The van der Waals surface area contributed by atoms with Crippen molar-refractivity contribution >= 4 is 17.4 Å². The van der Waals surface area contributed by atoms with Crippen molar-refractivity contribution in [1.29, 1.82) is 0 Å². The predicted molar refractivity (Wildman–Crippen MR) is 150 cm³/mol. The quantitative estimate of drug-likeness (QED) is 0.178. The first kappa shape index (κ1) is 28.5. The van der Waals surface area contributed by atoms with Crippen molar-refractivity contribution in [3.05, 3.63) is 58.7 Å². The number of Topliss-reactive ketones (excluding diaryl/α,β-unsaturated/α-hetero) is 1. The summed E-state index contributed by atoms with van der Waals surface area (Å²) in [5.41, 5.74) is 2.23. The number of fused-ring (bicyclic) bond motifs is 1. The SMILES string of the molecule is CCCCOc1ccc([C@H]2/C(=C(\O)c3ccc4c(c3)C[C@H](C)O4)C(=O)C(=O)N2CCCN(C)C)cc1OCC. The molecule has 0 spiro atoms. The van der Waals surface area contributed by atoms with Gasteiger partial charge in [-0.05, 0) is 88.8 Å². The Bertz CT molecular complexity index is 1240. The molecule has 0 unspecified atom stereocenters. The Kier molecular flexibility index (Phi) is 9.17. The zero-order valence-electron chi connectivity index (χ0n) is 23.7. The Morgan fingerprint density at radius 2 is 1.87 bits per heavy atom. The third-order valence-electron chi connectivity index (χ3n) is 7.05. The van der Waals surface area contributed by atoms with Crippen LogP contribution in [0.5, 0.6) is 17.2 Å². The molecular formula is C31H40N2O6. The number of rotatable bonds is 12. The molecule has 8 heteroatoms. The number of likely N-dealkylation sites (tertiary alicyclic amines) is 1. The Morgan fingerprint density at radius 1 is 1.08 bits per heavy atom. The van der Waals surface area contributed by atoms with Gasteiger partial charge in [0.25, 0.3) is 11.7 Å². The average molecular weight is 537 g/mol. The van der Waals surface area contributed by atoms with Gasteiger partial charge in [-0.1, -0.05) is 19.4 Å². The molecule has 8 nitrogen and oxygen atoms in total. The van der Waals surface area contributed by atoms with Crippen molar-refractivity contribution in [2.45, 2.75) is 58.6 Å². The Balaban J connectivity index is 1.78. The topological polar surface area (TPSA) is 88.5 Å².